The quantitative estimate of drug-likeness (QED) is 0.162. The van der Waals surface area contributed by atoms with E-state index in [2.05, 4.69) is 89.0 Å². The highest BCUT2D eigenvalue weighted by Crippen LogP contribution is 2.44. The summed E-state index contributed by atoms with van der Waals surface area (Å²) in [5.74, 6) is 1.88. The Balaban J connectivity index is 3.24. The fourth-order valence-electron chi connectivity index (χ4n) is 1.32. The molecule has 0 N–H and O–H groups in total. The molecule has 0 aliphatic carbocycles. The number of hydrogen-bond acceptors (Lipinski definition) is 4. The fraction of sp³-hybridized carbons (Fsp3) is 0.400. The van der Waals surface area contributed by atoms with Crippen molar-refractivity contribution in [3.8, 4) is 0 Å². The van der Waals surface area contributed by atoms with Crippen molar-refractivity contribution in [2.75, 3.05) is 10.2 Å². The van der Waals surface area contributed by atoms with Gasteiger partial charge in [-0.3, -0.25) is 0 Å². The summed E-state index contributed by atoms with van der Waals surface area (Å²) in [5.41, 5.74) is 2.62. The van der Waals surface area contributed by atoms with E-state index in [0.717, 1.165) is 39.6 Å². The van der Waals surface area contributed by atoms with E-state index in [1.807, 2.05) is 0 Å². The van der Waals surface area contributed by atoms with Crippen LogP contribution in [0.3, 0.4) is 0 Å². The third kappa shape index (κ3) is 4.78. The van der Waals surface area contributed by atoms with Gasteiger partial charge in [0.2, 0.25) is 0 Å². The molecule has 18 heavy (non-hydrogen) atoms. The first-order valence-corrected chi connectivity index (χ1v) is 11.5. The van der Waals surface area contributed by atoms with E-state index in [-0.39, 0.29) is 0 Å². The molecule has 0 saturated carbocycles. The minimum atomic E-state index is 0.816. The Bertz CT molecular complexity index is 386. The second-order valence-electron chi connectivity index (χ2n) is 3.17. The smallest absolute Gasteiger partial charge is 0.0474 e. The third-order valence-corrected chi connectivity index (χ3v) is 9.53. The van der Waals surface area contributed by atoms with Crippen molar-refractivity contribution >= 4 is 113 Å². The van der Waals surface area contributed by atoms with Gasteiger partial charge >= 0.3 is 0 Å². The minimum Gasteiger partial charge on any atom is -0.168 e. The summed E-state index contributed by atoms with van der Waals surface area (Å²) in [7, 11) is 0. The second kappa shape index (κ2) is 9.54. The molecule has 0 saturated heterocycles. The Labute approximate surface area is 161 Å². The standard InChI is InChI=1S/C10H10Br4S4/c11-7-5(1-17-3-15)6(2-18-4-16)8(12)10(14)9(7)13/h15-16H,1-4H2. The Kier molecular flexibility index (Phi) is 9.85. The first-order valence-electron chi connectivity index (χ1n) is 4.75. The molecule has 0 bridgehead atoms. The van der Waals surface area contributed by atoms with Gasteiger partial charge in [0.1, 0.15) is 0 Å². The maximum Gasteiger partial charge on any atom is 0.0474 e. The van der Waals surface area contributed by atoms with Crippen LogP contribution in [0.4, 0.5) is 0 Å². The van der Waals surface area contributed by atoms with Gasteiger partial charge in [0.15, 0.2) is 0 Å². The Morgan fingerprint density at radius 1 is 0.667 bits per heavy atom. The molecule has 102 valence electrons. The topological polar surface area (TPSA) is 0 Å². The molecule has 0 spiro atoms. The summed E-state index contributed by atoms with van der Waals surface area (Å²) >= 11 is 26.7. The number of benzene rings is 1. The molecule has 1 aromatic rings. The normalized spacial score (nSPS) is 11.0. The van der Waals surface area contributed by atoms with E-state index in [1.54, 1.807) is 23.5 Å². The van der Waals surface area contributed by atoms with Gasteiger partial charge in [0, 0.05) is 39.6 Å². The minimum absolute atomic E-state index is 0.816. The van der Waals surface area contributed by atoms with Crippen molar-refractivity contribution in [2.45, 2.75) is 11.5 Å². The molecule has 0 heterocycles. The van der Waals surface area contributed by atoms with Crippen LogP contribution in [0.15, 0.2) is 17.9 Å². The van der Waals surface area contributed by atoms with Crippen LogP contribution in [-0.2, 0) is 11.5 Å². The van der Waals surface area contributed by atoms with E-state index < -0.39 is 0 Å². The predicted molar refractivity (Wildman–Crippen MR) is 108 cm³/mol. The first kappa shape index (κ1) is 18.6. The van der Waals surface area contributed by atoms with Crippen LogP contribution in [0.5, 0.6) is 0 Å². The summed E-state index contributed by atoms with van der Waals surface area (Å²) in [6, 6.07) is 0. The zero-order valence-corrected chi connectivity index (χ0v) is 18.8. The maximum atomic E-state index is 4.26. The van der Waals surface area contributed by atoms with Crippen LogP contribution in [0, 0.1) is 0 Å². The van der Waals surface area contributed by atoms with Crippen molar-refractivity contribution in [3.05, 3.63) is 29.0 Å². The lowest BCUT2D eigenvalue weighted by atomic mass is 10.1. The van der Waals surface area contributed by atoms with Gasteiger partial charge in [-0.1, -0.05) is 0 Å². The zero-order chi connectivity index (χ0) is 13.7. The van der Waals surface area contributed by atoms with Crippen molar-refractivity contribution < 1.29 is 0 Å². The molecule has 0 atom stereocenters. The molecule has 0 aliphatic rings. The molecule has 0 radical (unpaired) electrons. The fourth-order valence-corrected chi connectivity index (χ4v) is 6.03. The van der Waals surface area contributed by atoms with Gasteiger partial charge < -0.3 is 0 Å². The Hall–Kier alpha value is 2.54. The van der Waals surface area contributed by atoms with Crippen LogP contribution in [-0.4, -0.2) is 10.2 Å². The average molecular weight is 578 g/mol. The predicted octanol–water partition coefficient (Wildman–Crippen LogP) is 6.98. The number of halogens is 4. The summed E-state index contributed by atoms with van der Waals surface area (Å²) in [6.45, 7) is 0. The molecule has 0 unspecified atom stereocenters. The third-order valence-electron chi connectivity index (χ3n) is 2.15. The van der Waals surface area contributed by atoms with Crippen molar-refractivity contribution in [2.24, 2.45) is 0 Å². The lowest BCUT2D eigenvalue weighted by Gasteiger charge is -2.16. The van der Waals surface area contributed by atoms with E-state index in [1.165, 1.54) is 11.1 Å². The number of rotatable bonds is 6. The highest BCUT2D eigenvalue weighted by Gasteiger charge is 2.18. The molecule has 1 aromatic carbocycles. The van der Waals surface area contributed by atoms with Crippen LogP contribution in [0.25, 0.3) is 0 Å². The molecule has 0 aromatic heterocycles. The summed E-state index contributed by atoms with van der Waals surface area (Å²) in [5, 5.41) is 1.63. The van der Waals surface area contributed by atoms with Crippen molar-refractivity contribution in [1.82, 2.24) is 0 Å². The van der Waals surface area contributed by atoms with Gasteiger partial charge in [-0.25, -0.2) is 0 Å². The second-order valence-corrected chi connectivity index (χ2v) is 9.80. The highest BCUT2D eigenvalue weighted by atomic mass is 79.9. The molecule has 0 nitrogen and oxygen atoms in total. The van der Waals surface area contributed by atoms with Crippen LogP contribution in [0.1, 0.15) is 11.1 Å². The largest absolute Gasteiger partial charge is 0.168 e. The van der Waals surface area contributed by atoms with Gasteiger partial charge in [-0.15, -0.1) is 23.5 Å². The lowest BCUT2D eigenvalue weighted by molar-refractivity contribution is 1.22. The summed E-state index contributed by atoms with van der Waals surface area (Å²) in [4.78, 5) is 0. The monoisotopic (exact) mass is 574 g/mol. The molecule has 0 aliphatic heterocycles. The van der Waals surface area contributed by atoms with E-state index in [4.69, 9.17) is 0 Å². The number of thiol groups is 2. The molecular weight excluding hydrogens is 568 g/mol. The van der Waals surface area contributed by atoms with Crippen LogP contribution in [0.2, 0.25) is 0 Å². The number of thioether (sulfide) groups is 2. The van der Waals surface area contributed by atoms with Crippen molar-refractivity contribution in [1.29, 1.82) is 0 Å². The van der Waals surface area contributed by atoms with Gasteiger partial charge in [-0.05, 0) is 74.8 Å². The Morgan fingerprint density at radius 3 is 1.28 bits per heavy atom. The summed E-state index contributed by atoms with van der Waals surface area (Å²) < 4.78 is 4.32. The number of hydrogen-bond donors (Lipinski definition) is 2. The van der Waals surface area contributed by atoms with Gasteiger partial charge in [-0.2, -0.15) is 25.3 Å². The maximum absolute atomic E-state index is 4.26. The Morgan fingerprint density at radius 2 is 1.00 bits per heavy atom. The zero-order valence-electron chi connectivity index (χ0n) is 9.05. The molecular formula is C10H10Br4S4. The molecule has 1 rings (SSSR count). The van der Waals surface area contributed by atoms with Gasteiger partial charge in [0.05, 0.1) is 0 Å². The van der Waals surface area contributed by atoms with Crippen LogP contribution < -0.4 is 0 Å². The van der Waals surface area contributed by atoms with E-state index >= 15 is 0 Å². The average Bonchev–Trinajstić information content (AvgIpc) is 2.38. The van der Waals surface area contributed by atoms with Gasteiger partial charge in [0.25, 0.3) is 0 Å². The SMILES string of the molecule is SCSCc1c(Br)c(Br)c(Br)c(Br)c1CSCS. The van der Waals surface area contributed by atoms with E-state index in [0.29, 0.717) is 0 Å². The first-order chi connectivity index (χ1) is 8.54. The highest BCUT2D eigenvalue weighted by molar-refractivity contribution is 9.15. The molecule has 8 heteroatoms. The molecule has 0 fully saturated rings. The van der Waals surface area contributed by atoms with Crippen molar-refractivity contribution in [3.63, 3.8) is 0 Å². The van der Waals surface area contributed by atoms with Crippen LogP contribution >= 0.6 is 113 Å². The summed E-state index contributed by atoms with van der Waals surface area (Å²) in [6.07, 6.45) is 0. The lowest BCUT2D eigenvalue weighted by Crippen LogP contribution is -1.97. The van der Waals surface area contributed by atoms with E-state index in [9.17, 15) is 0 Å². The molecule has 0 amide bonds.